The van der Waals surface area contributed by atoms with Crippen molar-refractivity contribution in [3.05, 3.63) is 29.8 Å². The zero-order chi connectivity index (χ0) is 10.6. The fraction of sp³-hybridized carbons (Fsp3) is 0.100. The van der Waals surface area contributed by atoms with E-state index in [1.54, 1.807) is 18.2 Å². The van der Waals surface area contributed by atoms with Gasteiger partial charge in [0.15, 0.2) is 11.5 Å². The molecule has 0 fully saturated rings. The van der Waals surface area contributed by atoms with Gasteiger partial charge in [-0.05, 0) is 12.1 Å². The summed E-state index contributed by atoms with van der Waals surface area (Å²) in [5.74, 6) is -0.212. The Kier molecular flexibility index (Phi) is 3.12. The number of ether oxygens (including phenoxy) is 1. The maximum absolute atomic E-state index is 10.5. The van der Waals surface area contributed by atoms with E-state index in [0.29, 0.717) is 11.3 Å². The molecule has 3 N–H and O–H groups in total. The molecule has 0 aliphatic rings. The van der Waals surface area contributed by atoms with E-state index in [4.69, 9.17) is 10.5 Å². The Morgan fingerprint density at radius 2 is 2.29 bits per heavy atom. The molecule has 0 unspecified atom stereocenters. The maximum Gasteiger partial charge on any atom is 0.241 e. The summed E-state index contributed by atoms with van der Waals surface area (Å²) in [5.41, 5.74) is 5.41. The molecule has 0 heterocycles. The Morgan fingerprint density at radius 1 is 1.57 bits per heavy atom. The van der Waals surface area contributed by atoms with Crippen molar-refractivity contribution in [2.75, 3.05) is 7.11 Å². The second-order valence-corrected chi connectivity index (χ2v) is 2.63. The number of hydrogen-bond donors (Lipinski definition) is 2. The van der Waals surface area contributed by atoms with E-state index >= 15 is 0 Å². The van der Waals surface area contributed by atoms with E-state index in [1.807, 2.05) is 0 Å². The smallest absolute Gasteiger partial charge is 0.241 e. The van der Waals surface area contributed by atoms with E-state index in [-0.39, 0.29) is 5.75 Å². The van der Waals surface area contributed by atoms with Gasteiger partial charge in [0.2, 0.25) is 5.91 Å². The van der Waals surface area contributed by atoms with Gasteiger partial charge in [0.1, 0.15) is 0 Å². The minimum absolute atomic E-state index is 0.00694. The molecule has 0 saturated carbocycles. The normalized spacial score (nSPS) is 10.4. The number of amides is 1. The van der Waals surface area contributed by atoms with E-state index in [2.05, 4.69) is 0 Å². The summed E-state index contributed by atoms with van der Waals surface area (Å²) in [5, 5.41) is 9.57. The van der Waals surface area contributed by atoms with Gasteiger partial charge in [-0.25, -0.2) is 0 Å². The third kappa shape index (κ3) is 2.26. The summed E-state index contributed by atoms with van der Waals surface area (Å²) < 4.78 is 4.89. The van der Waals surface area contributed by atoms with E-state index in [0.717, 1.165) is 0 Å². The third-order valence-electron chi connectivity index (χ3n) is 1.68. The Bertz CT molecular complexity index is 372. The van der Waals surface area contributed by atoms with Gasteiger partial charge in [-0.2, -0.15) is 0 Å². The molecule has 0 aromatic heterocycles. The van der Waals surface area contributed by atoms with Crippen molar-refractivity contribution in [2.45, 2.75) is 0 Å². The van der Waals surface area contributed by atoms with Crippen LogP contribution < -0.4 is 10.5 Å². The zero-order valence-corrected chi connectivity index (χ0v) is 7.73. The maximum atomic E-state index is 10.5. The standard InChI is InChI=1S/C10H11NO3/c1-14-8-4-2-3-7(10(8)13)5-6-9(11)12/h2-6,13H,1H3,(H2,11,12). The Labute approximate surface area is 81.6 Å². The van der Waals surface area contributed by atoms with Crippen LogP contribution in [0, 0.1) is 0 Å². The fourth-order valence-corrected chi connectivity index (χ4v) is 1.01. The highest BCUT2D eigenvalue weighted by Crippen LogP contribution is 2.29. The lowest BCUT2D eigenvalue weighted by molar-refractivity contribution is -0.113. The number of benzene rings is 1. The highest BCUT2D eigenvalue weighted by molar-refractivity contribution is 5.90. The molecular weight excluding hydrogens is 182 g/mol. The number of carbonyl (C=O) groups is 1. The minimum Gasteiger partial charge on any atom is -0.504 e. The van der Waals surface area contributed by atoms with E-state index in [1.165, 1.54) is 19.3 Å². The number of rotatable bonds is 3. The van der Waals surface area contributed by atoms with Crippen LogP contribution in [-0.4, -0.2) is 18.1 Å². The number of carbonyl (C=O) groups excluding carboxylic acids is 1. The van der Waals surface area contributed by atoms with Crippen molar-refractivity contribution in [1.82, 2.24) is 0 Å². The van der Waals surface area contributed by atoms with Gasteiger partial charge in [-0.15, -0.1) is 0 Å². The molecule has 4 nitrogen and oxygen atoms in total. The van der Waals surface area contributed by atoms with Gasteiger partial charge in [-0.3, -0.25) is 4.79 Å². The molecule has 14 heavy (non-hydrogen) atoms. The number of para-hydroxylation sites is 1. The molecule has 1 aromatic rings. The van der Waals surface area contributed by atoms with Gasteiger partial charge in [0.25, 0.3) is 0 Å². The minimum atomic E-state index is -0.563. The van der Waals surface area contributed by atoms with Crippen LogP contribution in [0.5, 0.6) is 11.5 Å². The van der Waals surface area contributed by atoms with Crippen molar-refractivity contribution < 1.29 is 14.6 Å². The number of methoxy groups -OCH3 is 1. The van der Waals surface area contributed by atoms with Gasteiger partial charge in [0.05, 0.1) is 7.11 Å². The predicted molar refractivity (Wildman–Crippen MR) is 52.9 cm³/mol. The number of primary amides is 1. The predicted octanol–water partition coefficient (Wildman–Crippen LogP) is 0.899. The molecule has 4 heteroatoms. The van der Waals surface area contributed by atoms with Crippen molar-refractivity contribution in [1.29, 1.82) is 0 Å². The van der Waals surface area contributed by atoms with Crippen molar-refractivity contribution in [3.8, 4) is 11.5 Å². The monoisotopic (exact) mass is 193 g/mol. The lowest BCUT2D eigenvalue weighted by Gasteiger charge is -2.04. The first kappa shape index (κ1) is 10.1. The van der Waals surface area contributed by atoms with E-state index in [9.17, 15) is 9.90 Å². The molecule has 0 radical (unpaired) electrons. The van der Waals surface area contributed by atoms with Crippen molar-refractivity contribution in [3.63, 3.8) is 0 Å². The Morgan fingerprint density at radius 3 is 2.86 bits per heavy atom. The Hall–Kier alpha value is -1.97. The van der Waals surface area contributed by atoms with Crippen molar-refractivity contribution in [2.24, 2.45) is 5.73 Å². The van der Waals surface area contributed by atoms with Crippen LogP contribution in [0.2, 0.25) is 0 Å². The average molecular weight is 193 g/mol. The largest absolute Gasteiger partial charge is 0.504 e. The van der Waals surface area contributed by atoms with Gasteiger partial charge in [0, 0.05) is 11.6 Å². The molecule has 1 rings (SSSR count). The Balaban J connectivity index is 3.03. The van der Waals surface area contributed by atoms with Crippen LogP contribution in [0.1, 0.15) is 5.56 Å². The first-order chi connectivity index (χ1) is 6.65. The summed E-state index contributed by atoms with van der Waals surface area (Å²) >= 11 is 0. The molecule has 0 spiro atoms. The van der Waals surface area contributed by atoms with Crippen molar-refractivity contribution >= 4 is 12.0 Å². The molecule has 0 bridgehead atoms. The lowest BCUT2D eigenvalue weighted by atomic mass is 10.1. The molecule has 0 aliphatic heterocycles. The zero-order valence-electron chi connectivity index (χ0n) is 7.73. The number of hydrogen-bond acceptors (Lipinski definition) is 3. The number of nitrogens with two attached hydrogens (primary N) is 1. The summed E-state index contributed by atoms with van der Waals surface area (Å²) in [6, 6.07) is 4.98. The number of phenols is 1. The highest BCUT2D eigenvalue weighted by Gasteiger charge is 2.03. The number of phenolic OH excluding ortho intramolecular Hbond substituents is 1. The molecule has 0 saturated heterocycles. The summed E-state index contributed by atoms with van der Waals surface area (Å²) in [7, 11) is 1.45. The van der Waals surface area contributed by atoms with Crippen LogP contribution in [0.15, 0.2) is 24.3 Å². The molecule has 0 aliphatic carbocycles. The molecule has 74 valence electrons. The second kappa shape index (κ2) is 4.32. The summed E-state index contributed by atoms with van der Waals surface area (Å²) in [6.07, 6.45) is 2.61. The molecule has 0 atom stereocenters. The fourth-order valence-electron chi connectivity index (χ4n) is 1.01. The first-order valence-corrected chi connectivity index (χ1v) is 3.98. The highest BCUT2D eigenvalue weighted by atomic mass is 16.5. The third-order valence-corrected chi connectivity index (χ3v) is 1.68. The van der Waals surface area contributed by atoms with Gasteiger partial charge >= 0.3 is 0 Å². The molecular formula is C10H11NO3. The summed E-state index contributed by atoms with van der Waals surface area (Å²) in [4.78, 5) is 10.5. The van der Waals surface area contributed by atoms with Crippen LogP contribution in [-0.2, 0) is 4.79 Å². The molecule has 1 aromatic carbocycles. The molecule has 1 amide bonds. The average Bonchev–Trinajstić information content (AvgIpc) is 2.16. The van der Waals surface area contributed by atoms with Gasteiger partial charge in [-0.1, -0.05) is 12.1 Å². The van der Waals surface area contributed by atoms with Crippen LogP contribution in [0.3, 0.4) is 0 Å². The van der Waals surface area contributed by atoms with E-state index < -0.39 is 5.91 Å². The van der Waals surface area contributed by atoms with Crippen LogP contribution in [0.4, 0.5) is 0 Å². The lowest BCUT2D eigenvalue weighted by Crippen LogP contribution is -2.05. The topological polar surface area (TPSA) is 72.5 Å². The summed E-state index contributed by atoms with van der Waals surface area (Å²) in [6.45, 7) is 0. The second-order valence-electron chi connectivity index (χ2n) is 2.63. The quantitative estimate of drug-likeness (QED) is 0.700. The SMILES string of the molecule is COc1cccc(C=CC(N)=O)c1O. The van der Waals surface area contributed by atoms with Crippen LogP contribution >= 0.6 is 0 Å². The first-order valence-electron chi connectivity index (χ1n) is 3.98. The number of aromatic hydroxyl groups is 1. The van der Waals surface area contributed by atoms with Crippen LogP contribution in [0.25, 0.3) is 6.08 Å². The van der Waals surface area contributed by atoms with Gasteiger partial charge < -0.3 is 15.6 Å².